The van der Waals surface area contributed by atoms with E-state index < -0.39 is 9.84 Å². The van der Waals surface area contributed by atoms with Crippen molar-refractivity contribution in [3.05, 3.63) is 18.2 Å². The Hall–Kier alpha value is -1.96. The lowest BCUT2D eigenvalue weighted by Crippen LogP contribution is -2.39. The van der Waals surface area contributed by atoms with E-state index in [0.29, 0.717) is 17.9 Å². The third-order valence-electron chi connectivity index (χ3n) is 3.42. The molecule has 1 aromatic carbocycles. The molecule has 1 amide bonds. The second-order valence-corrected chi connectivity index (χ2v) is 7.32. The first-order valence-electron chi connectivity index (χ1n) is 6.65. The van der Waals surface area contributed by atoms with Crippen LogP contribution in [0.4, 0.5) is 5.69 Å². The molecule has 21 heavy (non-hydrogen) atoms. The fraction of sp³-hybridized carbons (Fsp3) is 0.462. The summed E-state index contributed by atoms with van der Waals surface area (Å²) in [6, 6.07) is 5.05. The van der Waals surface area contributed by atoms with E-state index in [9.17, 15) is 13.2 Å². The van der Waals surface area contributed by atoms with Crippen LogP contribution in [0.5, 0.6) is 11.5 Å². The maximum Gasteiger partial charge on any atom is 0.239 e. The van der Waals surface area contributed by atoms with Gasteiger partial charge in [0, 0.05) is 17.8 Å². The predicted molar refractivity (Wildman–Crippen MR) is 76.3 cm³/mol. The van der Waals surface area contributed by atoms with Gasteiger partial charge in [0.15, 0.2) is 21.3 Å². The molecule has 1 fully saturated rings. The van der Waals surface area contributed by atoms with Gasteiger partial charge in [0.05, 0.1) is 18.1 Å². The molecule has 2 N–H and O–H groups in total. The number of fused-ring (bicyclic) bond motifs is 1. The topological polar surface area (TPSA) is 93.7 Å². The summed E-state index contributed by atoms with van der Waals surface area (Å²) >= 11 is 0. The number of ether oxygens (including phenoxy) is 2. The SMILES string of the molecule is O=C(CNc1ccc2c(c1)OCO2)NC1CCS(=O)(=O)C1. The van der Waals surface area contributed by atoms with Gasteiger partial charge in [0.2, 0.25) is 12.7 Å². The monoisotopic (exact) mass is 312 g/mol. The van der Waals surface area contributed by atoms with Gasteiger partial charge in [-0.3, -0.25) is 4.79 Å². The van der Waals surface area contributed by atoms with Crippen LogP contribution >= 0.6 is 0 Å². The molecule has 114 valence electrons. The average molecular weight is 312 g/mol. The van der Waals surface area contributed by atoms with E-state index in [1.807, 2.05) is 0 Å². The van der Waals surface area contributed by atoms with E-state index in [0.717, 1.165) is 5.69 Å². The van der Waals surface area contributed by atoms with Crippen molar-refractivity contribution in [1.82, 2.24) is 5.32 Å². The second kappa shape index (κ2) is 5.44. The van der Waals surface area contributed by atoms with E-state index >= 15 is 0 Å². The molecule has 8 heteroatoms. The molecule has 0 bridgehead atoms. The molecular weight excluding hydrogens is 296 g/mol. The van der Waals surface area contributed by atoms with E-state index in [4.69, 9.17) is 9.47 Å². The number of carbonyl (C=O) groups is 1. The quantitative estimate of drug-likeness (QED) is 0.821. The smallest absolute Gasteiger partial charge is 0.239 e. The molecule has 0 radical (unpaired) electrons. The van der Waals surface area contributed by atoms with Gasteiger partial charge in [-0.2, -0.15) is 0 Å². The largest absolute Gasteiger partial charge is 0.454 e. The second-order valence-electron chi connectivity index (χ2n) is 5.09. The van der Waals surface area contributed by atoms with Crippen LogP contribution in [0.1, 0.15) is 6.42 Å². The van der Waals surface area contributed by atoms with Crippen molar-refractivity contribution >= 4 is 21.4 Å². The van der Waals surface area contributed by atoms with E-state index in [2.05, 4.69) is 10.6 Å². The van der Waals surface area contributed by atoms with Crippen LogP contribution < -0.4 is 20.1 Å². The molecule has 2 aliphatic rings. The molecule has 2 heterocycles. The molecule has 0 spiro atoms. The van der Waals surface area contributed by atoms with Gasteiger partial charge in [-0.05, 0) is 18.6 Å². The van der Waals surface area contributed by atoms with Gasteiger partial charge in [-0.15, -0.1) is 0 Å². The number of hydrogen-bond donors (Lipinski definition) is 2. The number of benzene rings is 1. The highest BCUT2D eigenvalue weighted by atomic mass is 32.2. The Labute approximate surface area is 122 Å². The van der Waals surface area contributed by atoms with Crippen LogP contribution in [-0.2, 0) is 14.6 Å². The Bertz CT molecular complexity index is 659. The standard InChI is InChI=1S/C13H16N2O5S/c16-13(15-10-3-4-21(17,18)7-10)6-14-9-1-2-11-12(5-9)20-8-19-11/h1-2,5,10,14H,3-4,6-8H2,(H,15,16). The minimum Gasteiger partial charge on any atom is -0.454 e. The minimum atomic E-state index is -2.98. The predicted octanol–water partition coefficient (Wildman–Crippen LogP) is 0.131. The van der Waals surface area contributed by atoms with Gasteiger partial charge in [-0.1, -0.05) is 0 Å². The zero-order chi connectivity index (χ0) is 14.9. The van der Waals surface area contributed by atoms with Crippen molar-refractivity contribution in [1.29, 1.82) is 0 Å². The Morgan fingerprint density at radius 1 is 1.29 bits per heavy atom. The van der Waals surface area contributed by atoms with Crippen LogP contribution in [0.3, 0.4) is 0 Å². The average Bonchev–Trinajstić information content (AvgIpc) is 3.02. The Morgan fingerprint density at radius 2 is 2.10 bits per heavy atom. The lowest BCUT2D eigenvalue weighted by atomic mass is 10.2. The summed E-state index contributed by atoms with van der Waals surface area (Å²) in [6.45, 7) is 0.283. The lowest BCUT2D eigenvalue weighted by molar-refractivity contribution is -0.119. The van der Waals surface area contributed by atoms with Gasteiger partial charge >= 0.3 is 0 Å². The number of sulfone groups is 1. The van der Waals surface area contributed by atoms with Gasteiger partial charge < -0.3 is 20.1 Å². The lowest BCUT2D eigenvalue weighted by Gasteiger charge is -2.12. The third-order valence-corrected chi connectivity index (χ3v) is 5.19. The first-order chi connectivity index (χ1) is 10.0. The summed E-state index contributed by atoms with van der Waals surface area (Å²) in [7, 11) is -2.98. The summed E-state index contributed by atoms with van der Waals surface area (Å²) in [4.78, 5) is 11.8. The van der Waals surface area contributed by atoms with Gasteiger partial charge in [0.1, 0.15) is 0 Å². The number of anilines is 1. The van der Waals surface area contributed by atoms with Crippen molar-refractivity contribution in [3.63, 3.8) is 0 Å². The van der Waals surface area contributed by atoms with Crippen molar-refractivity contribution in [2.75, 3.05) is 30.2 Å². The molecule has 0 aliphatic carbocycles. The Morgan fingerprint density at radius 3 is 2.86 bits per heavy atom. The Kier molecular flexibility index (Phi) is 3.62. The first-order valence-corrected chi connectivity index (χ1v) is 8.47. The van der Waals surface area contributed by atoms with Crippen LogP contribution in [0.25, 0.3) is 0 Å². The van der Waals surface area contributed by atoms with Crippen LogP contribution in [0, 0.1) is 0 Å². The molecule has 2 aliphatic heterocycles. The van der Waals surface area contributed by atoms with E-state index in [1.54, 1.807) is 18.2 Å². The van der Waals surface area contributed by atoms with Gasteiger partial charge in [-0.25, -0.2) is 8.42 Å². The summed E-state index contributed by atoms with van der Waals surface area (Å²) in [5.74, 6) is 1.27. The highest BCUT2D eigenvalue weighted by Gasteiger charge is 2.28. The van der Waals surface area contributed by atoms with E-state index in [1.165, 1.54) is 0 Å². The van der Waals surface area contributed by atoms with Crippen molar-refractivity contribution in [2.45, 2.75) is 12.5 Å². The summed E-state index contributed by atoms with van der Waals surface area (Å²) in [5, 5.41) is 5.69. The van der Waals surface area contributed by atoms with Crippen LogP contribution in [0.15, 0.2) is 18.2 Å². The summed E-state index contributed by atoms with van der Waals surface area (Å²) in [6.07, 6.45) is 0.484. The number of hydrogen-bond acceptors (Lipinski definition) is 6. The minimum absolute atomic E-state index is 0.0305. The molecule has 7 nitrogen and oxygen atoms in total. The molecule has 0 aromatic heterocycles. The molecule has 3 rings (SSSR count). The molecule has 1 atom stereocenters. The van der Waals surface area contributed by atoms with E-state index in [-0.39, 0.29) is 36.8 Å². The normalized spacial score (nSPS) is 22.0. The molecule has 1 saturated heterocycles. The van der Waals surface area contributed by atoms with Crippen LogP contribution in [-0.4, -0.2) is 45.2 Å². The number of carbonyl (C=O) groups excluding carboxylic acids is 1. The summed E-state index contributed by atoms with van der Waals surface area (Å²) in [5.41, 5.74) is 0.744. The van der Waals surface area contributed by atoms with Crippen molar-refractivity contribution in [3.8, 4) is 11.5 Å². The molecule has 0 saturated carbocycles. The molecule has 1 unspecified atom stereocenters. The maximum absolute atomic E-state index is 11.8. The van der Waals surface area contributed by atoms with Crippen molar-refractivity contribution < 1.29 is 22.7 Å². The zero-order valence-electron chi connectivity index (χ0n) is 11.3. The van der Waals surface area contributed by atoms with Gasteiger partial charge in [0.25, 0.3) is 0 Å². The number of rotatable bonds is 4. The maximum atomic E-state index is 11.8. The number of amides is 1. The molecular formula is C13H16N2O5S. The summed E-state index contributed by atoms with van der Waals surface area (Å²) < 4.78 is 33.1. The van der Waals surface area contributed by atoms with Crippen LogP contribution in [0.2, 0.25) is 0 Å². The first kappa shape index (κ1) is 14.0. The highest BCUT2D eigenvalue weighted by molar-refractivity contribution is 7.91. The molecule has 1 aromatic rings. The fourth-order valence-electron chi connectivity index (χ4n) is 2.38. The fourth-order valence-corrected chi connectivity index (χ4v) is 4.05. The Balaban J connectivity index is 1.50. The zero-order valence-corrected chi connectivity index (χ0v) is 12.1. The third kappa shape index (κ3) is 3.38. The van der Waals surface area contributed by atoms with Crippen molar-refractivity contribution in [2.24, 2.45) is 0 Å². The highest BCUT2D eigenvalue weighted by Crippen LogP contribution is 2.34. The number of nitrogens with one attached hydrogen (secondary N) is 2.